The van der Waals surface area contributed by atoms with E-state index in [4.69, 9.17) is 14.2 Å². The average molecular weight is 351 g/mol. The topological polar surface area (TPSA) is 80.3 Å². The molecule has 2 amide bonds. The highest BCUT2D eigenvalue weighted by Gasteiger charge is 2.32. The number of nitrogens with one attached hydrogen (secondary N) is 1. The van der Waals surface area contributed by atoms with Crippen molar-refractivity contribution in [3.8, 4) is 11.5 Å². The molecule has 138 valence electrons. The fourth-order valence-corrected chi connectivity index (χ4v) is 2.58. The van der Waals surface area contributed by atoms with Crippen molar-refractivity contribution in [3.63, 3.8) is 0 Å². The van der Waals surface area contributed by atoms with Crippen LogP contribution in [0.1, 0.15) is 6.42 Å². The summed E-state index contributed by atoms with van der Waals surface area (Å²) >= 11 is 0. The van der Waals surface area contributed by atoms with Crippen molar-refractivity contribution >= 4 is 17.7 Å². The first-order chi connectivity index (χ1) is 11.9. The molecule has 1 atom stereocenters. The Morgan fingerprint density at radius 2 is 2.00 bits per heavy atom. The van der Waals surface area contributed by atoms with Gasteiger partial charge in [0.15, 0.2) is 11.5 Å². The summed E-state index contributed by atoms with van der Waals surface area (Å²) in [6.07, 6.45) is -0.272. The number of hydrogen-bond donors (Lipinski definition) is 1. The first kappa shape index (κ1) is 18.9. The average Bonchev–Trinajstić information content (AvgIpc) is 2.94. The second-order valence-electron chi connectivity index (χ2n) is 6.03. The van der Waals surface area contributed by atoms with Crippen LogP contribution in [0.5, 0.6) is 11.5 Å². The lowest BCUT2D eigenvalue weighted by Crippen LogP contribution is -2.38. The van der Waals surface area contributed by atoms with Gasteiger partial charge in [-0.15, -0.1) is 0 Å². The maximum absolute atomic E-state index is 12.3. The second-order valence-corrected chi connectivity index (χ2v) is 6.03. The zero-order chi connectivity index (χ0) is 18.4. The van der Waals surface area contributed by atoms with Crippen LogP contribution >= 0.6 is 0 Å². The summed E-state index contributed by atoms with van der Waals surface area (Å²) in [4.78, 5) is 27.6. The maximum Gasteiger partial charge on any atom is 0.407 e. The summed E-state index contributed by atoms with van der Waals surface area (Å²) in [5.41, 5.74) is 0.702. The molecule has 0 spiro atoms. The summed E-state index contributed by atoms with van der Waals surface area (Å²) in [5.74, 6) is 1.08. The largest absolute Gasteiger partial charge is 0.493 e. The molecule has 2 rings (SSSR count). The van der Waals surface area contributed by atoms with Crippen LogP contribution in [0.3, 0.4) is 0 Å². The van der Waals surface area contributed by atoms with Crippen molar-refractivity contribution in [3.05, 3.63) is 18.2 Å². The van der Waals surface area contributed by atoms with Gasteiger partial charge in [0, 0.05) is 31.3 Å². The third-order valence-corrected chi connectivity index (χ3v) is 3.90. The zero-order valence-electron chi connectivity index (χ0n) is 15.1. The number of rotatable bonds is 7. The highest BCUT2D eigenvalue weighted by atomic mass is 16.5. The van der Waals surface area contributed by atoms with Gasteiger partial charge in [0.25, 0.3) is 0 Å². The third-order valence-electron chi connectivity index (χ3n) is 3.90. The number of hydrogen-bond acceptors (Lipinski definition) is 6. The lowest BCUT2D eigenvalue weighted by molar-refractivity contribution is -0.117. The van der Waals surface area contributed by atoms with Gasteiger partial charge in [0.05, 0.1) is 20.3 Å². The van der Waals surface area contributed by atoms with E-state index in [1.165, 1.54) is 0 Å². The molecule has 0 unspecified atom stereocenters. The molecule has 1 heterocycles. The molecule has 8 heteroatoms. The van der Waals surface area contributed by atoms with Crippen LogP contribution in [0.25, 0.3) is 0 Å². The first-order valence-corrected chi connectivity index (χ1v) is 8.05. The fourth-order valence-electron chi connectivity index (χ4n) is 2.58. The van der Waals surface area contributed by atoms with Crippen LogP contribution in [0.4, 0.5) is 10.5 Å². The highest BCUT2D eigenvalue weighted by molar-refractivity contribution is 5.97. The second kappa shape index (κ2) is 8.57. The molecule has 1 fully saturated rings. The van der Waals surface area contributed by atoms with Gasteiger partial charge in [0.1, 0.15) is 6.61 Å². The molecule has 0 bridgehead atoms. The molecule has 25 heavy (non-hydrogen) atoms. The quantitative estimate of drug-likeness (QED) is 0.792. The number of carbonyl (C=O) groups is 2. The van der Waals surface area contributed by atoms with Gasteiger partial charge in [-0.25, -0.2) is 4.79 Å². The molecule has 1 aromatic carbocycles. The molecule has 0 aromatic heterocycles. The number of nitrogens with zero attached hydrogens (tertiary/aromatic N) is 2. The van der Waals surface area contributed by atoms with Gasteiger partial charge < -0.3 is 29.3 Å². The van der Waals surface area contributed by atoms with Gasteiger partial charge in [-0.1, -0.05) is 0 Å². The van der Waals surface area contributed by atoms with Crippen LogP contribution in [0.15, 0.2) is 18.2 Å². The van der Waals surface area contributed by atoms with E-state index >= 15 is 0 Å². The predicted molar refractivity (Wildman–Crippen MR) is 93.3 cm³/mol. The molecule has 0 radical (unpaired) electrons. The normalized spacial score (nSPS) is 16.9. The Bertz CT molecular complexity index is 620. The molecule has 1 saturated heterocycles. The van der Waals surface area contributed by atoms with Crippen molar-refractivity contribution in [2.45, 2.75) is 12.5 Å². The molecule has 0 aliphatic carbocycles. The van der Waals surface area contributed by atoms with E-state index in [2.05, 4.69) is 5.32 Å². The summed E-state index contributed by atoms with van der Waals surface area (Å²) in [6.45, 7) is 1.34. The minimum absolute atomic E-state index is 0.0641. The van der Waals surface area contributed by atoms with Crippen LogP contribution in [0.2, 0.25) is 0 Å². The Balaban J connectivity index is 1.95. The van der Waals surface area contributed by atoms with E-state index in [1.807, 2.05) is 19.0 Å². The zero-order valence-corrected chi connectivity index (χ0v) is 15.1. The molecular formula is C17H25N3O5. The maximum atomic E-state index is 12.3. The first-order valence-electron chi connectivity index (χ1n) is 8.05. The van der Waals surface area contributed by atoms with Crippen molar-refractivity contribution in [1.82, 2.24) is 10.2 Å². The van der Waals surface area contributed by atoms with Gasteiger partial charge in [0.2, 0.25) is 5.91 Å². The third kappa shape index (κ3) is 4.99. The van der Waals surface area contributed by atoms with Gasteiger partial charge in [-0.2, -0.15) is 0 Å². The molecule has 1 N–H and O–H groups in total. The molecule has 1 aliphatic rings. The molecule has 0 saturated carbocycles. The minimum atomic E-state index is -0.506. The summed E-state index contributed by atoms with van der Waals surface area (Å²) < 4.78 is 15.6. The van der Waals surface area contributed by atoms with E-state index in [0.717, 1.165) is 0 Å². The van der Waals surface area contributed by atoms with E-state index in [0.29, 0.717) is 36.9 Å². The fraction of sp³-hybridized carbons (Fsp3) is 0.529. The Kier molecular flexibility index (Phi) is 6.46. The van der Waals surface area contributed by atoms with E-state index in [1.54, 1.807) is 37.3 Å². The van der Waals surface area contributed by atoms with Crippen molar-refractivity contribution in [2.24, 2.45) is 0 Å². The van der Waals surface area contributed by atoms with Crippen molar-refractivity contribution < 1.29 is 23.8 Å². The number of anilines is 1. The summed E-state index contributed by atoms with van der Waals surface area (Å²) in [6, 6.07) is 5.00. The summed E-state index contributed by atoms with van der Waals surface area (Å²) in [5, 5.41) is 2.74. The van der Waals surface area contributed by atoms with Gasteiger partial charge in [-0.3, -0.25) is 4.79 Å². The van der Waals surface area contributed by atoms with E-state index in [-0.39, 0.29) is 18.4 Å². The number of amides is 2. The highest BCUT2D eigenvalue weighted by Crippen LogP contribution is 2.33. The monoisotopic (exact) mass is 351 g/mol. The number of methoxy groups -OCH3 is 2. The Hall–Kier alpha value is -2.48. The SMILES string of the molecule is COc1ccc(N2C[C@H](NC(=O)OCCN(C)C)CC2=O)cc1OC. The van der Waals surface area contributed by atoms with Crippen LogP contribution in [-0.4, -0.2) is 71.0 Å². The van der Waals surface area contributed by atoms with E-state index in [9.17, 15) is 9.59 Å². The number of alkyl carbamates (subject to hydrolysis) is 1. The molecule has 1 aliphatic heterocycles. The number of likely N-dealkylation sites (N-methyl/N-ethyl adjacent to an activating group) is 1. The smallest absolute Gasteiger partial charge is 0.407 e. The standard InChI is InChI=1S/C17H25N3O5/c1-19(2)7-8-25-17(22)18-12-9-16(21)20(11-12)13-5-6-14(23-3)15(10-13)24-4/h5-6,10,12H,7-9,11H2,1-4H3,(H,18,22)/t12-/m1/s1. The Morgan fingerprint density at radius 3 is 2.64 bits per heavy atom. The minimum Gasteiger partial charge on any atom is -0.493 e. The number of carbonyl (C=O) groups excluding carboxylic acids is 2. The summed E-state index contributed by atoms with van der Waals surface area (Å²) in [7, 11) is 6.90. The van der Waals surface area contributed by atoms with Gasteiger partial charge >= 0.3 is 6.09 Å². The number of ether oxygens (including phenoxy) is 3. The van der Waals surface area contributed by atoms with Crippen molar-refractivity contribution in [1.29, 1.82) is 0 Å². The molecule has 8 nitrogen and oxygen atoms in total. The van der Waals surface area contributed by atoms with Crippen LogP contribution < -0.4 is 19.7 Å². The lowest BCUT2D eigenvalue weighted by atomic mass is 10.2. The molecular weight excluding hydrogens is 326 g/mol. The van der Waals surface area contributed by atoms with Gasteiger partial charge in [-0.05, 0) is 26.2 Å². The van der Waals surface area contributed by atoms with Crippen LogP contribution in [-0.2, 0) is 9.53 Å². The Labute approximate surface area is 147 Å². The van der Waals surface area contributed by atoms with E-state index < -0.39 is 6.09 Å². The number of benzene rings is 1. The lowest BCUT2D eigenvalue weighted by Gasteiger charge is -2.19. The van der Waals surface area contributed by atoms with Crippen molar-refractivity contribution in [2.75, 3.05) is 52.9 Å². The van der Waals surface area contributed by atoms with Crippen LogP contribution in [0, 0.1) is 0 Å². The molecule has 1 aromatic rings. The Morgan fingerprint density at radius 1 is 1.28 bits per heavy atom. The predicted octanol–water partition coefficient (Wildman–Crippen LogP) is 1.10.